The first-order chi connectivity index (χ1) is 15.3. The van der Waals surface area contributed by atoms with Crippen LogP contribution in [0.2, 0.25) is 0 Å². The Bertz CT molecular complexity index is 899. The maximum Gasteiger partial charge on any atom is 0.414 e. The second-order valence-electron chi connectivity index (χ2n) is 7.28. The van der Waals surface area contributed by atoms with E-state index in [1.54, 1.807) is 7.11 Å². The average molecular weight is 444 g/mol. The Morgan fingerprint density at radius 2 is 1.59 bits per heavy atom. The number of nitrogens with zero attached hydrogens (tertiary/aromatic N) is 2. The first kappa shape index (κ1) is 24.7. The molecule has 0 unspecified atom stereocenters. The van der Waals surface area contributed by atoms with Gasteiger partial charge in [0.25, 0.3) is 0 Å². The lowest BCUT2D eigenvalue weighted by Gasteiger charge is -2.36. The van der Waals surface area contributed by atoms with Crippen molar-refractivity contribution in [1.29, 1.82) is 0 Å². The molecule has 32 heavy (non-hydrogen) atoms. The van der Waals surface area contributed by atoms with Gasteiger partial charge in [0.05, 0.1) is 12.8 Å². The lowest BCUT2D eigenvalue weighted by Crippen LogP contribution is -2.47. The van der Waals surface area contributed by atoms with Crippen molar-refractivity contribution in [1.82, 2.24) is 4.90 Å². The topological polar surface area (TPSA) is 119 Å². The summed E-state index contributed by atoms with van der Waals surface area (Å²) in [7, 11) is 1.62. The number of methoxy groups -OCH3 is 1. The predicted octanol–water partition coefficient (Wildman–Crippen LogP) is 2.31. The molecule has 1 aliphatic heterocycles. The van der Waals surface area contributed by atoms with E-state index in [1.807, 2.05) is 31.2 Å². The van der Waals surface area contributed by atoms with Crippen molar-refractivity contribution in [3.05, 3.63) is 54.1 Å². The number of aliphatic carboxylic acids is 2. The fraction of sp³-hybridized carbons (Fsp3) is 0.348. The molecule has 1 fully saturated rings. The molecule has 0 atom stereocenters. The number of aryl methyl sites for hydroxylation is 1. The molecular weight excluding hydrogens is 414 g/mol. The highest BCUT2D eigenvalue weighted by molar-refractivity contribution is 6.27. The maximum atomic E-state index is 12.3. The predicted molar refractivity (Wildman–Crippen MR) is 121 cm³/mol. The minimum Gasteiger partial charge on any atom is -0.495 e. The Kier molecular flexibility index (Phi) is 9.49. The van der Waals surface area contributed by atoms with Crippen molar-refractivity contribution < 1.29 is 29.3 Å². The van der Waals surface area contributed by atoms with Crippen molar-refractivity contribution >= 4 is 29.2 Å². The number of ether oxygens (including phenoxy) is 1. The van der Waals surface area contributed by atoms with Crippen LogP contribution >= 0.6 is 0 Å². The van der Waals surface area contributed by atoms with Gasteiger partial charge in [0.1, 0.15) is 5.75 Å². The lowest BCUT2D eigenvalue weighted by atomic mass is 10.2. The van der Waals surface area contributed by atoms with Gasteiger partial charge in [-0.2, -0.15) is 0 Å². The Labute approximate surface area is 187 Å². The van der Waals surface area contributed by atoms with Gasteiger partial charge >= 0.3 is 11.9 Å². The lowest BCUT2D eigenvalue weighted by molar-refractivity contribution is -0.159. The zero-order valence-corrected chi connectivity index (χ0v) is 18.3. The molecule has 0 aromatic heterocycles. The van der Waals surface area contributed by atoms with Gasteiger partial charge in [0, 0.05) is 44.8 Å². The summed E-state index contributed by atoms with van der Waals surface area (Å²) in [5.41, 5.74) is 3.11. The summed E-state index contributed by atoms with van der Waals surface area (Å²) < 4.78 is 5.32. The van der Waals surface area contributed by atoms with Crippen molar-refractivity contribution in [2.75, 3.05) is 50.1 Å². The molecule has 2 aromatic carbocycles. The molecule has 0 bridgehead atoms. The molecule has 3 rings (SSSR count). The Morgan fingerprint density at radius 1 is 0.969 bits per heavy atom. The van der Waals surface area contributed by atoms with Crippen LogP contribution in [-0.2, 0) is 14.4 Å². The van der Waals surface area contributed by atoms with Gasteiger partial charge in [-0.3, -0.25) is 9.69 Å². The third-order valence-electron chi connectivity index (χ3n) is 4.96. The van der Waals surface area contributed by atoms with E-state index in [2.05, 4.69) is 39.4 Å². The van der Waals surface area contributed by atoms with Crippen LogP contribution in [-0.4, -0.2) is 72.8 Å². The van der Waals surface area contributed by atoms with E-state index >= 15 is 0 Å². The van der Waals surface area contributed by atoms with Gasteiger partial charge in [0.2, 0.25) is 5.91 Å². The minimum absolute atomic E-state index is 0.0272. The van der Waals surface area contributed by atoms with Crippen LogP contribution in [0.1, 0.15) is 12.0 Å². The standard InChI is InChI=1S/C21H27N3O2.C2H2O4/c1-17-8-9-20(26-2)19(16-17)22-21(25)10-11-23-12-14-24(15-13-23)18-6-4-3-5-7-18;3-1(4)2(5)6/h3-9,16H,10-15H2,1-2H3,(H,22,25);(H,3,4)(H,5,6). The normalized spacial score (nSPS) is 13.5. The maximum absolute atomic E-state index is 12.3. The number of benzene rings is 2. The summed E-state index contributed by atoms with van der Waals surface area (Å²) in [6, 6.07) is 16.3. The van der Waals surface area contributed by atoms with E-state index in [-0.39, 0.29) is 5.91 Å². The molecule has 172 valence electrons. The summed E-state index contributed by atoms with van der Waals surface area (Å²) in [6.07, 6.45) is 0.489. The van der Waals surface area contributed by atoms with Gasteiger partial charge in [-0.15, -0.1) is 0 Å². The van der Waals surface area contributed by atoms with Crippen molar-refractivity contribution in [3.8, 4) is 5.75 Å². The van der Waals surface area contributed by atoms with Crippen LogP contribution in [0.4, 0.5) is 11.4 Å². The van der Waals surface area contributed by atoms with Crippen molar-refractivity contribution in [3.63, 3.8) is 0 Å². The highest BCUT2D eigenvalue weighted by atomic mass is 16.5. The number of hydrogen-bond acceptors (Lipinski definition) is 6. The number of nitrogens with one attached hydrogen (secondary N) is 1. The zero-order valence-electron chi connectivity index (χ0n) is 18.3. The largest absolute Gasteiger partial charge is 0.495 e. The van der Waals surface area contributed by atoms with Gasteiger partial charge in [-0.1, -0.05) is 24.3 Å². The highest BCUT2D eigenvalue weighted by Crippen LogP contribution is 2.25. The van der Waals surface area contributed by atoms with Gasteiger partial charge in [0.15, 0.2) is 0 Å². The number of para-hydroxylation sites is 1. The molecule has 1 amide bonds. The quantitative estimate of drug-likeness (QED) is 0.582. The Morgan fingerprint density at radius 3 is 2.16 bits per heavy atom. The SMILES string of the molecule is COc1ccc(C)cc1NC(=O)CCN1CCN(c2ccccc2)CC1.O=C(O)C(=O)O. The number of carboxylic acid groups (broad SMARTS) is 2. The zero-order chi connectivity index (χ0) is 23.5. The van der Waals surface area contributed by atoms with Crippen LogP contribution in [0.15, 0.2) is 48.5 Å². The molecule has 2 aromatic rings. The number of carbonyl (C=O) groups excluding carboxylic acids is 1. The number of anilines is 2. The van der Waals surface area contributed by atoms with E-state index in [0.717, 1.165) is 44.0 Å². The Balaban J connectivity index is 0.000000534. The van der Waals surface area contributed by atoms with Crippen LogP contribution < -0.4 is 15.0 Å². The van der Waals surface area contributed by atoms with Gasteiger partial charge in [-0.25, -0.2) is 9.59 Å². The van der Waals surface area contributed by atoms with E-state index < -0.39 is 11.9 Å². The van der Waals surface area contributed by atoms with E-state index in [0.29, 0.717) is 12.2 Å². The summed E-state index contributed by atoms with van der Waals surface area (Å²) in [6.45, 7) is 6.74. The molecular formula is C23H29N3O6. The first-order valence-corrected chi connectivity index (χ1v) is 10.2. The molecule has 1 heterocycles. The molecule has 0 saturated carbocycles. The van der Waals surface area contributed by atoms with Gasteiger partial charge < -0.3 is 25.2 Å². The Hall–Kier alpha value is -3.59. The monoisotopic (exact) mass is 443 g/mol. The number of hydrogen-bond donors (Lipinski definition) is 3. The van der Waals surface area contributed by atoms with E-state index in [9.17, 15) is 4.79 Å². The molecule has 9 heteroatoms. The fourth-order valence-electron chi connectivity index (χ4n) is 3.26. The summed E-state index contributed by atoms with van der Waals surface area (Å²) >= 11 is 0. The minimum atomic E-state index is -1.82. The number of carboxylic acids is 2. The molecule has 1 saturated heterocycles. The number of piperazine rings is 1. The second-order valence-corrected chi connectivity index (χ2v) is 7.28. The second kappa shape index (κ2) is 12.3. The van der Waals surface area contributed by atoms with Crippen LogP contribution in [0.5, 0.6) is 5.75 Å². The summed E-state index contributed by atoms with van der Waals surface area (Å²) in [5.74, 6) is -2.93. The molecule has 0 radical (unpaired) electrons. The van der Waals surface area contributed by atoms with Crippen LogP contribution in [0.25, 0.3) is 0 Å². The van der Waals surface area contributed by atoms with Crippen molar-refractivity contribution in [2.24, 2.45) is 0 Å². The highest BCUT2D eigenvalue weighted by Gasteiger charge is 2.18. The molecule has 0 aliphatic carbocycles. The fourth-order valence-corrected chi connectivity index (χ4v) is 3.26. The molecule has 3 N–H and O–H groups in total. The summed E-state index contributed by atoms with van der Waals surface area (Å²) in [4.78, 5) is 35.3. The van der Waals surface area contributed by atoms with E-state index in [1.165, 1.54) is 5.69 Å². The summed E-state index contributed by atoms with van der Waals surface area (Å²) in [5, 5.41) is 17.8. The first-order valence-electron chi connectivity index (χ1n) is 10.2. The molecule has 9 nitrogen and oxygen atoms in total. The molecule has 1 aliphatic rings. The van der Waals surface area contributed by atoms with Crippen LogP contribution in [0, 0.1) is 6.92 Å². The third kappa shape index (κ3) is 7.92. The van der Waals surface area contributed by atoms with Crippen molar-refractivity contribution in [2.45, 2.75) is 13.3 Å². The van der Waals surface area contributed by atoms with Gasteiger partial charge in [-0.05, 0) is 36.8 Å². The van der Waals surface area contributed by atoms with E-state index in [4.69, 9.17) is 24.5 Å². The number of rotatable bonds is 6. The van der Waals surface area contributed by atoms with Crippen LogP contribution in [0.3, 0.4) is 0 Å². The number of carbonyl (C=O) groups is 3. The molecule has 0 spiro atoms. The number of amides is 1. The third-order valence-corrected chi connectivity index (χ3v) is 4.96. The smallest absolute Gasteiger partial charge is 0.414 e. The average Bonchev–Trinajstić information content (AvgIpc) is 2.79.